The molecule has 0 spiro atoms. The van der Waals surface area contributed by atoms with Crippen LogP contribution in [0.4, 0.5) is 4.79 Å². The van der Waals surface area contributed by atoms with Crippen LogP contribution in [0.15, 0.2) is 0 Å². The second-order valence-corrected chi connectivity index (χ2v) is 6.95. The third-order valence-corrected chi connectivity index (χ3v) is 3.67. The van der Waals surface area contributed by atoms with E-state index in [-0.39, 0.29) is 12.3 Å². The Balaban J connectivity index is 4.55. The van der Waals surface area contributed by atoms with Crippen molar-refractivity contribution < 1.29 is 23.1 Å². The summed E-state index contributed by atoms with van der Waals surface area (Å²) in [5, 5.41) is 11.2. The van der Waals surface area contributed by atoms with Gasteiger partial charge in [0.15, 0.2) is 0 Å². The maximum absolute atomic E-state index is 11.8. The van der Waals surface area contributed by atoms with Gasteiger partial charge in [-0.1, -0.05) is 0 Å². The molecule has 0 aliphatic carbocycles. The van der Waals surface area contributed by atoms with Gasteiger partial charge in [-0.3, -0.25) is 4.79 Å². The van der Waals surface area contributed by atoms with E-state index in [9.17, 15) is 18.0 Å². The number of nitrogens with zero attached hydrogens (tertiary/aromatic N) is 1. The number of amides is 2. The Hall–Kier alpha value is -1.35. The van der Waals surface area contributed by atoms with Gasteiger partial charge >= 0.3 is 12.0 Å². The molecule has 0 rings (SSSR count). The molecule has 0 aromatic rings. The molecule has 8 nitrogen and oxygen atoms in total. The second-order valence-electron chi connectivity index (χ2n) is 4.91. The van der Waals surface area contributed by atoms with Crippen molar-refractivity contribution in [1.29, 1.82) is 0 Å². The highest BCUT2D eigenvalue weighted by Crippen LogP contribution is 2.12. The zero-order chi connectivity index (χ0) is 15.3. The molecule has 0 saturated heterocycles. The number of hydrogen-bond acceptors (Lipinski definition) is 4. The summed E-state index contributed by atoms with van der Waals surface area (Å²) in [6, 6.07) is -0.610. The highest BCUT2D eigenvalue weighted by molar-refractivity contribution is 7.89. The topological polar surface area (TPSA) is 116 Å². The zero-order valence-corrected chi connectivity index (χ0v) is 12.4. The van der Waals surface area contributed by atoms with Crippen molar-refractivity contribution in [1.82, 2.24) is 14.9 Å². The number of nitrogens with one attached hydrogen (secondary N) is 2. The normalized spacial score (nSPS) is 12.0. The Bertz CT molecular complexity index is 427. The van der Waals surface area contributed by atoms with Gasteiger partial charge in [-0.2, -0.15) is 0 Å². The van der Waals surface area contributed by atoms with Crippen molar-refractivity contribution in [2.24, 2.45) is 0 Å². The van der Waals surface area contributed by atoms with Crippen LogP contribution in [0, 0.1) is 0 Å². The predicted molar refractivity (Wildman–Crippen MR) is 70.3 cm³/mol. The highest BCUT2D eigenvalue weighted by atomic mass is 32.2. The number of hydrogen-bond donors (Lipinski definition) is 3. The second kappa shape index (κ2) is 6.71. The lowest BCUT2D eigenvalue weighted by molar-refractivity contribution is -0.138. The number of carboxylic acid groups (broad SMARTS) is 1. The number of rotatable bonds is 6. The van der Waals surface area contributed by atoms with Crippen LogP contribution in [0.5, 0.6) is 0 Å². The molecule has 0 radical (unpaired) electrons. The maximum atomic E-state index is 11.8. The van der Waals surface area contributed by atoms with Gasteiger partial charge in [0.05, 0.1) is 5.75 Å². The Labute approximate surface area is 113 Å². The minimum atomic E-state index is -3.40. The summed E-state index contributed by atoms with van der Waals surface area (Å²) >= 11 is 0. The molecular formula is C10H21N3O5S. The van der Waals surface area contributed by atoms with Gasteiger partial charge in [-0.25, -0.2) is 17.9 Å². The van der Waals surface area contributed by atoms with Gasteiger partial charge in [0.2, 0.25) is 10.0 Å². The molecule has 2 amide bonds. The zero-order valence-electron chi connectivity index (χ0n) is 11.6. The molecule has 9 heteroatoms. The van der Waals surface area contributed by atoms with Gasteiger partial charge in [0.25, 0.3) is 0 Å². The summed E-state index contributed by atoms with van der Waals surface area (Å²) in [6.45, 7) is 4.54. The number of carbonyl (C=O) groups excluding carboxylic acids is 1. The largest absolute Gasteiger partial charge is 0.480 e. The van der Waals surface area contributed by atoms with E-state index in [1.807, 2.05) is 0 Å². The van der Waals surface area contributed by atoms with Crippen LogP contribution in [0.2, 0.25) is 0 Å². The van der Waals surface area contributed by atoms with E-state index in [0.29, 0.717) is 0 Å². The van der Waals surface area contributed by atoms with Crippen molar-refractivity contribution >= 4 is 22.0 Å². The molecule has 0 saturated carbocycles. The first-order valence-corrected chi connectivity index (χ1v) is 7.33. The monoisotopic (exact) mass is 295 g/mol. The highest BCUT2D eigenvalue weighted by Gasteiger charge is 2.28. The summed E-state index contributed by atoms with van der Waals surface area (Å²) < 4.78 is 24.4. The number of carboxylic acids is 1. The van der Waals surface area contributed by atoms with Crippen LogP contribution in [0.25, 0.3) is 0 Å². The average Bonchev–Trinajstić information content (AvgIpc) is 2.23. The molecule has 0 unspecified atom stereocenters. The minimum Gasteiger partial charge on any atom is -0.480 e. The molecule has 0 fully saturated rings. The van der Waals surface area contributed by atoms with E-state index in [1.165, 1.54) is 7.05 Å². The Kier molecular flexibility index (Phi) is 6.23. The summed E-state index contributed by atoms with van der Waals surface area (Å²) in [5.74, 6) is -1.40. The third-order valence-electron chi connectivity index (χ3n) is 2.31. The van der Waals surface area contributed by atoms with Crippen LogP contribution in [0.1, 0.15) is 20.8 Å². The maximum Gasteiger partial charge on any atom is 0.323 e. The molecule has 0 heterocycles. The average molecular weight is 295 g/mol. The Morgan fingerprint density at radius 3 is 2.16 bits per heavy atom. The third kappa shape index (κ3) is 6.97. The van der Waals surface area contributed by atoms with Crippen molar-refractivity contribution in [3.8, 4) is 0 Å². The smallest absolute Gasteiger partial charge is 0.323 e. The molecule has 0 aliphatic heterocycles. The number of carbonyl (C=O) groups is 2. The summed E-state index contributed by atoms with van der Waals surface area (Å²) in [7, 11) is -2.12. The van der Waals surface area contributed by atoms with Gasteiger partial charge in [0.1, 0.15) is 6.54 Å². The standard InChI is InChI=1S/C10H21N3O5S/c1-10(2,3)13(7-8(14)15)9(16)12-5-6-19(17,18)11-4/h11H,5-7H2,1-4H3,(H,12,16)(H,14,15). The van der Waals surface area contributed by atoms with Crippen LogP contribution < -0.4 is 10.0 Å². The number of urea groups is 1. The summed E-state index contributed by atoms with van der Waals surface area (Å²) in [4.78, 5) is 23.7. The van der Waals surface area contributed by atoms with Crippen LogP contribution in [-0.4, -0.2) is 61.9 Å². The fourth-order valence-corrected chi connectivity index (χ4v) is 1.81. The predicted octanol–water partition coefficient (Wildman–Crippen LogP) is -0.570. The van der Waals surface area contributed by atoms with Crippen LogP contribution >= 0.6 is 0 Å². The molecule has 0 aliphatic rings. The molecule has 0 bridgehead atoms. The number of sulfonamides is 1. The lowest BCUT2D eigenvalue weighted by Gasteiger charge is -2.34. The van der Waals surface area contributed by atoms with Crippen molar-refractivity contribution in [3.05, 3.63) is 0 Å². The van der Waals surface area contributed by atoms with Gasteiger partial charge in [-0.15, -0.1) is 0 Å². The van der Waals surface area contributed by atoms with Gasteiger partial charge in [-0.05, 0) is 27.8 Å². The van der Waals surface area contributed by atoms with Gasteiger partial charge in [0, 0.05) is 12.1 Å². The molecule has 0 aromatic heterocycles. The van der Waals surface area contributed by atoms with Crippen LogP contribution in [0.3, 0.4) is 0 Å². The van der Waals surface area contributed by atoms with Gasteiger partial charge < -0.3 is 15.3 Å². The first-order chi connectivity index (χ1) is 8.49. The van der Waals surface area contributed by atoms with Crippen molar-refractivity contribution in [2.45, 2.75) is 26.3 Å². The fraction of sp³-hybridized carbons (Fsp3) is 0.800. The van der Waals surface area contributed by atoms with Crippen LogP contribution in [-0.2, 0) is 14.8 Å². The summed E-state index contributed by atoms with van der Waals surface area (Å²) in [6.07, 6.45) is 0. The first-order valence-electron chi connectivity index (χ1n) is 5.68. The quantitative estimate of drug-likeness (QED) is 0.607. The minimum absolute atomic E-state index is 0.0891. The molecule has 19 heavy (non-hydrogen) atoms. The molecule has 0 atom stereocenters. The molecule has 112 valence electrons. The SMILES string of the molecule is CNS(=O)(=O)CCNC(=O)N(CC(=O)O)C(C)(C)C. The Morgan fingerprint density at radius 1 is 1.26 bits per heavy atom. The lowest BCUT2D eigenvalue weighted by Crippen LogP contribution is -2.53. The fourth-order valence-electron chi connectivity index (χ4n) is 1.24. The first kappa shape index (κ1) is 17.6. The van der Waals surface area contributed by atoms with E-state index < -0.39 is 34.1 Å². The van der Waals surface area contributed by atoms with Crippen molar-refractivity contribution in [3.63, 3.8) is 0 Å². The lowest BCUT2D eigenvalue weighted by atomic mass is 10.1. The molecule has 0 aromatic carbocycles. The number of aliphatic carboxylic acids is 1. The van der Waals surface area contributed by atoms with E-state index >= 15 is 0 Å². The molecule has 3 N–H and O–H groups in total. The van der Waals surface area contributed by atoms with E-state index in [0.717, 1.165) is 4.90 Å². The Morgan fingerprint density at radius 2 is 1.79 bits per heavy atom. The van der Waals surface area contributed by atoms with E-state index in [2.05, 4.69) is 10.0 Å². The molecular weight excluding hydrogens is 274 g/mol. The van der Waals surface area contributed by atoms with Crippen molar-refractivity contribution in [2.75, 3.05) is 25.9 Å². The van der Waals surface area contributed by atoms with E-state index in [1.54, 1.807) is 20.8 Å². The van der Waals surface area contributed by atoms with E-state index in [4.69, 9.17) is 5.11 Å². The summed E-state index contributed by atoms with van der Waals surface area (Å²) in [5.41, 5.74) is -0.676.